The molecule has 0 unspecified atom stereocenters. The van der Waals surface area contributed by atoms with E-state index in [0.29, 0.717) is 152 Å². The van der Waals surface area contributed by atoms with Gasteiger partial charge in [-0.15, -0.1) is 0 Å². The average molecular weight is 1240 g/mol. The highest BCUT2D eigenvalue weighted by Gasteiger charge is 2.57. The molecule has 0 spiro atoms. The minimum Gasteiger partial charge on any atom is -0.494 e. The summed E-state index contributed by atoms with van der Waals surface area (Å²) in [6.07, 6.45) is 1.21. The van der Waals surface area contributed by atoms with Crippen molar-refractivity contribution in [2.45, 2.75) is 155 Å². The molecular weight excluding hydrogens is 1160 g/mol. The third-order valence-corrected chi connectivity index (χ3v) is 16.8. The van der Waals surface area contributed by atoms with E-state index in [0.717, 1.165) is 0 Å². The quantitative estimate of drug-likeness (QED) is 0.0344. The lowest BCUT2D eigenvalue weighted by molar-refractivity contribution is -0.213. The van der Waals surface area contributed by atoms with Gasteiger partial charge in [0.25, 0.3) is 0 Å². The Labute approximate surface area is 514 Å². The number of hydrogen-bond donors (Lipinski definition) is 0. The van der Waals surface area contributed by atoms with Gasteiger partial charge in [-0.05, 0) is 232 Å². The molecule has 0 radical (unpaired) electrons. The van der Waals surface area contributed by atoms with Crippen molar-refractivity contribution in [3.8, 4) is 23.0 Å². The van der Waals surface area contributed by atoms with E-state index in [9.17, 15) is 38.4 Å². The number of rotatable bonds is 20. The first-order valence-electron chi connectivity index (χ1n) is 30.5. The van der Waals surface area contributed by atoms with Crippen LogP contribution in [0.5, 0.6) is 23.0 Å². The molecule has 4 aromatic rings. The van der Waals surface area contributed by atoms with E-state index >= 15 is 0 Å². The minimum absolute atomic E-state index is 0.0167. The van der Waals surface area contributed by atoms with E-state index in [1.54, 1.807) is 76.2 Å². The molecule has 4 aliphatic carbocycles. The molecule has 4 fully saturated rings. The monoisotopic (exact) mass is 1240 g/mol. The van der Waals surface area contributed by atoms with Crippen molar-refractivity contribution in [2.24, 2.45) is 29.1 Å². The molecule has 0 saturated heterocycles. The standard InChI is InChI=1S/C65H76O24/c1-5-74-53-17-9-13-41(37-53)57(66)82-86-61(70)78-49-29-21-45(22-30-49)65(46-23-31-50(32-24-46)79-62(71)87-83-58(67)42-14-10-18-54(38-42)75-6-2,47-25-33-51(34-26-47)80-63(72)88-84-59(68)43-15-11-19-55(39-43)76-7-3)48-27-35-52(36-28-48)81-64(73)89-85-60(69)44-16-12-20-56(40-44)77-8-4/h9-20,37-40,45-52H,5-8,21-36H2,1-4H3. The van der Waals surface area contributed by atoms with Gasteiger partial charge < -0.3 is 37.9 Å². The summed E-state index contributed by atoms with van der Waals surface area (Å²) in [7, 11) is 0. The molecular formula is C65H76O24. The summed E-state index contributed by atoms with van der Waals surface area (Å²) >= 11 is 0. The second-order valence-corrected chi connectivity index (χ2v) is 22.0. The Morgan fingerprint density at radius 2 is 0.506 bits per heavy atom. The van der Waals surface area contributed by atoms with Gasteiger partial charge in [-0.3, -0.25) is 0 Å². The smallest absolute Gasteiger partial charge is 0.494 e. The summed E-state index contributed by atoms with van der Waals surface area (Å²) in [5, 5.41) is 0. The van der Waals surface area contributed by atoms with Gasteiger partial charge in [0.2, 0.25) is 0 Å². The zero-order valence-corrected chi connectivity index (χ0v) is 50.3. The summed E-state index contributed by atoms with van der Waals surface area (Å²) in [5.41, 5.74) is -0.0443. The highest BCUT2D eigenvalue weighted by molar-refractivity contribution is 5.91. The molecule has 24 heteroatoms. The van der Waals surface area contributed by atoms with Gasteiger partial charge in [0, 0.05) is 0 Å². The van der Waals surface area contributed by atoms with Gasteiger partial charge in [0.15, 0.2) is 0 Å². The third kappa shape index (κ3) is 18.5. The zero-order valence-electron chi connectivity index (χ0n) is 50.3. The fourth-order valence-electron chi connectivity index (χ4n) is 13.3. The van der Waals surface area contributed by atoms with Crippen LogP contribution in [0, 0.1) is 29.1 Å². The van der Waals surface area contributed by atoms with Crippen molar-refractivity contribution < 1.29 is 115 Å². The maximum atomic E-state index is 13.1. The Kier molecular flexibility index (Phi) is 24.4. The summed E-state index contributed by atoms with van der Waals surface area (Å²) in [4.78, 5) is 143. The fourth-order valence-corrected chi connectivity index (χ4v) is 13.3. The third-order valence-electron chi connectivity index (χ3n) is 16.8. The maximum Gasteiger partial charge on any atom is 0.550 e. The zero-order chi connectivity index (χ0) is 63.1. The van der Waals surface area contributed by atoms with Crippen LogP contribution in [-0.4, -0.2) is 99.3 Å². The first kappa shape index (κ1) is 66.0. The van der Waals surface area contributed by atoms with Crippen LogP contribution in [0.2, 0.25) is 0 Å². The first-order valence-corrected chi connectivity index (χ1v) is 30.5. The lowest BCUT2D eigenvalue weighted by Gasteiger charge is -2.60. The number of benzene rings is 4. The summed E-state index contributed by atoms with van der Waals surface area (Å²) in [6.45, 7) is 8.70. The van der Waals surface area contributed by atoms with Crippen LogP contribution < -0.4 is 18.9 Å². The molecule has 4 aliphatic rings. The minimum atomic E-state index is -1.18. The highest BCUT2D eigenvalue weighted by Crippen LogP contribution is 2.63. The number of carbonyl (C=O) groups excluding carboxylic acids is 8. The highest BCUT2D eigenvalue weighted by atomic mass is 17.3. The second-order valence-electron chi connectivity index (χ2n) is 22.0. The lowest BCUT2D eigenvalue weighted by Crippen LogP contribution is -2.54. The number of hydrogen-bond acceptors (Lipinski definition) is 24. The van der Waals surface area contributed by atoms with Crippen LogP contribution in [0.4, 0.5) is 19.2 Å². The Bertz CT molecular complexity index is 2620. The van der Waals surface area contributed by atoms with Gasteiger partial charge >= 0.3 is 48.5 Å². The van der Waals surface area contributed by atoms with Gasteiger partial charge in [-0.1, -0.05) is 24.3 Å². The first-order chi connectivity index (χ1) is 43.2. The van der Waals surface area contributed by atoms with Crippen molar-refractivity contribution in [3.05, 3.63) is 119 Å². The van der Waals surface area contributed by atoms with Crippen LogP contribution >= 0.6 is 0 Å². The summed E-state index contributed by atoms with van der Waals surface area (Å²) < 4.78 is 44.9. The summed E-state index contributed by atoms with van der Waals surface area (Å²) in [6, 6.07) is 24.9. The topological polar surface area (TPSA) is 284 Å². The van der Waals surface area contributed by atoms with E-state index in [2.05, 4.69) is 0 Å². The molecule has 0 aromatic heterocycles. The summed E-state index contributed by atoms with van der Waals surface area (Å²) in [5.74, 6) is -1.87. The Morgan fingerprint density at radius 3 is 0.697 bits per heavy atom. The van der Waals surface area contributed by atoms with Crippen LogP contribution in [0.15, 0.2) is 97.1 Å². The molecule has 0 N–H and O–H groups in total. The van der Waals surface area contributed by atoms with Crippen LogP contribution in [-0.2, 0) is 58.0 Å². The van der Waals surface area contributed by atoms with E-state index in [4.69, 9.17) is 77.0 Å². The van der Waals surface area contributed by atoms with Crippen molar-refractivity contribution in [1.29, 1.82) is 0 Å². The van der Waals surface area contributed by atoms with E-state index < -0.39 is 78.3 Å². The maximum absolute atomic E-state index is 13.1. The Balaban J connectivity index is 0.972. The SMILES string of the molecule is CCOc1cccc(C(=O)OOC(=O)OC2CCC(C(C3CCC(OC(=O)OOC(=O)c4cccc(OCC)c4)CC3)(C3CCC(OC(=O)OOC(=O)c4cccc(OCC)c4)CC3)C3CCC(OC(=O)OOC(=O)c4cccc(OCC)c4)CC3)CC2)c1. The predicted octanol–water partition coefficient (Wildman–Crippen LogP) is 13.5. The van der Waals surface area contributed by atoms with Crippen molar-refractivity contribution in [1.82, 2.24) is 0 Å². The fraction of sp³-hybridized carbons (Fsp3) is 0.508. The molecule has 0 aliphatic heterocycles. The van der Waals surface area contributed by atoms with Gasteiger partial charge in [-0.2, -0.15) is 19.2 Å². The Morgan fingerprint density at radius 1 is 0.303 bits per heavy atom. The molecule has 480 valence electrons. The molecule has 4 aromatic carbocycles. The normalized spacial score (nSPS) is 22.1. The van der Waals surface area contributed by atoms with Gasteiger partial charge in [0.1, 0.15) is 47.4 Å². The molecule has 24 nitrogen and oxygen atoms in total. The molecule has 0 amide bonds. The molecule has 0 bridgehead atoms. The van der Waals surface area contributed by atoms with Gasteiger partial charge in [-0.25, -0.2) is 58.3 Å². The van der Waals surface area contributed by atoms with Crippen LogP contribution in [0.3, 0.4) is 0 Å². The second kappa shape index (κ2) is 32.9. The van der Waals surface area contributed by atoms with Crippen molar-refractivity contribution in [2.75, 3.05) is 26.4 Å². The molecule has 0 heterocycles. The van der Waals surface area contributed by atoms with E-state index in [1.807, 2.05) is 0 Å². The number of ether oxygens (including phenoxy) is 8. The van der Waals surface area contributed by atoms with Crippen molar-refractivity contribution >= 4 is 48.5 Å². The molecule has 0 atom stereocenters. The molecule has 4 saturated carbocycles. The lowest BCUT2D eigenvalue weighted by atomic mass is 9.45. The van der Waals surface area contributed by atoms with Gasteiger partial charge in [0.05, 0.1) is 48.7 Å². The average Bonchev–Trinajstić information content (AvgIpc) is 0.879. The van der Waals surface area contributed by atoms with Crippen LogP contribution in [0.25, 0.3) is 0 Å². The largest absolute Gasteiger partial charge is 0.550 e. The number of carbonyl (C=O) groups is 8. The van der Waals surface area contributed by atoms with Crippen LogP contribution in [0.1, 0.15) is 172 Å². The Hall–Kier alpha value is -8.96. The molecule has 89 heavy (non-hydrogen) atoms. The molecule has 8 rings (SSSR count). The van der Waals surface area contributed by atoms with E-state index in [1.165, 1.54) is 48.5 Å². The predicted molar refractivity (Wildman–Crippen MR) is 308 cm³/mol. The van der Waals surface area contributed by atoms with Crippen molar-refractivity contribution in [3.63, 3.8) is 0 Å². The van der Waals surface area contributed by atoms with E-state index in [-0.39, 0.29) is 45.9 Å².